The van der Waals surface area contributed by atoms with Crippen LogP contribution in [0.25, 0.3) is 0 Å². The van der Waals surface area contributed by atoms with Gasteiger partial charge >= 0.3 is 0 Å². The highest BCUT2D eigenvalue weighted by Crippen LogP contribution is 2.38. The molecule has 0 radical (unpaired) electrons. The van der Waals surface area contributed by atoms with E-state index in [1.807, 2.05) is 0 Å². The Balaban J connectivity index is 2.29. The van der Waals surface area contributed by atoms with Gasteiger partial charge in [-0.2, -0.15) is 4.99 Å². The van der Waals surface area contributed by atoms with Crippen LogP contribution in [-0.2, 0) is 12.8 Å². The lowest BCUT2D eigenvalue weighted by Crippen LogP contribution is -2.22. The maximum absolute atomic E-state index is 5.33. The van der Waals surface area contributed by atoms with Crippen LogP contribution < -0.4 is 11.5 Å². The summed E-state index contributed by atoms with van der Waals surface area (Å²) in [5.74, 6) is 0.0837. The van der Waals surface area contributed by atoms with Gasteiger partial charge in [-0.1, -0.05) is 25.2 Å². The highest BCUT2D eigenvalue weighted by atomic mass is 32.1. The quantitative estimate of drug-likeness (QED) is 0.561. The molecule has 4 nitrogen and oxygen atoms in total. The normalized spacial score (nSPS) is 18.3. The van der Waals surface area contributed by atoms with Gasteiger partial charge in [0.1, 0.15) is 0 Å². The molecule has 0 saturated carbocycles. The Bertz CT molecular complexity index is 402. The lowest BCUT2D eigenvalue weighted by Gasteiger charge is -2.27. The van der Waals surface area contributed by atoms with Crippen LogP contribution in [0.1, 0.15) is 30.8 Å². The van der Waals surface area contributed by atoms with E-state index in [9.17, 15) is 0 Å². The minimum Gasteiger partial charge on any atom is -0.370 e. The topological polar surface area (TPSA) is 77.3 Å². The van der Waals surface area contributed by atoms with Crippen molar-refractivity contribution in [2.45, 2.75) is 33.1 Å². The van der Waals surface area contributed by atoms with Crippen molar-refractivity contribution in [3.63, 3.8) is 0 Å². The molecule has 0 fully saturated rings. The van der Waals surface area contributed by atoms with Gasteiger partial charge in [-0.25, -0.2) is 4.98 Å². The predicted octanol–water partition coefficient (Wildman–Crippen LogP) is 1.56. The largest absolute Gasteiger partial charge is 0.370 e. The van der Waals surface area contributed by atoms with Gasteiger partial charge in [0.25, 0.3) is 0 Å². The first-order valence-corrected chi connectivity index (χ1v) is 5.86. The Hall–Kier alpha value is -1.10. The summed E-state index contributed by atoms with van der Waals surface area (Å²) in [5.41, 5.74) is 12.2. The number of aromatic nitrogens is 1. The number of aryl methyl sites for hydroxylation is 1. The predicted molar refractivity (Wildman–Crippen MR) is 63.4 cm³/mol. The Kier molecular flexibility index (Phi) is 2.42. The Labute approximate surface area is 93.4 Å². The van der Waals surface area contributed by atoms with Crippen LogP contribution in [-0.4, -0.2) is 10.9 Å². The van der Waals surface area contributed by atoms with E-state index in [0.29, 0.717) is 10.5 Å². The van der Waals surface area contributed by atoms with E-state index in [4.69, 9.17) is 11.5 Å². The molecule has 0 saturated heterocycles. The molecule has 0 unspecified atom stereocenters. The number of nitrogens with zero attached hydrogens (tertiary/aromatic N) is 2. The molecular weight excluding hydrogens is 208 g/mol. The van der Waals surface area contributed by atoms with Gasteiger partial charge in [0.15, 0.2) is 5.96 Å². The number of hydrogen-bond acceptors (Lipinski definition) is 3. The number of aliphatic imine (C=N–C) groups is 1. The number of rotatable bonds is 1. The van der Waals surface area contributed by atoms with Crippen LogP contribution in [0.5, 0.6) is 0 Å². The standard InChI is InChI=1S/C10H16N4S/c1-10(2)4-3-7-6(5-10)13-9(15-7)14-8(11)12/h3-5H2,1-2H3,(H4,11,12,13,14). The van der Waals surface area contributed by atoms with E-state index >= 15 is 0 Å². The molecule has 1 heterocycles. The summed E-state index contributed by atoms with van der Waals surface area (Å²) in [5, 5.41) is 0.692. The fourth-order valence-corrected chi connectivity index (χ4v) is 2.82. The van der Waals surface area contributed by atoms with Crippen molar-refractivity contribution in [2.75, 3.05) is 0 Å². The van der Waals surface area contributed by atoms with Crippen LogP contribution >= 0.6 is 11.3 Å². The molecule has 0 spiro atoms. The summed E-state index contributed by atoms with van der Waals surface area (Å²) in [4.78, 5) is 9.79. The molecule has 1 aliphatic carbocycles. The molecule has 0 aliphatic heterocycles. The van der Waals surface area contributed by atoms with Crippen molar-refractivity contribution in [3.8, 4) is 0 Å². The number of thiazole rings is 1. The molecule has 0 bridgehead atoms. The summed E-state index contributed by atoms with van der Waals surface area (Å²) in [6, 6.07) is 0. The first kappa shape index (κ1) is 10.4. The van der Waals surface area contributed by atoms with Gasteiger partial charge in [0.2, 0.25) is 5.13 Å². The zero-order valence-electron chi connectivity index (χ0n) is 9.08. The van der Waals surface area contributed by atoms with Crippen molar-refractivity contribution >= 4 is 22.4 Å². The molecule has 2 rings (SSSR count). The van der Waals surface area contributed by atoms with Crippen LogP contribution in [0.3, 0.4) is 0 Å². The fraction of sp³-hybridized carbons (Fsp3) is 0.600. The van der Waals surface area contributed by atoms with Crippen molar-refractivity contribution in [2.24, 2.45) is 21.9 Å². The Morgan fingerprint density at radius 2 is 2.20 bits per heavy atom. The third-order valence-corrected chi connectivity index (χ3v) is 3.72. The minimum atomic E-state index is 0.0837. The molecule has 0 atom stereocenters. The zero-order chi connectivity index (χ0) is 11.1. The van der Waals surface area contributed by atoms with E-state index in [-0.39, 0.29) is 5.96 Å². The lowest BCUT2D eigenvalue weighted by molar-refractivity contribution is 0.314. The molecule has 4 N–H and O–H groups in total. The highest BCUT2D eigenvalue weighted by molar-refractivity contribution is 7.15. The Morgan fingerprint density at radius 3 is 2.87 bits per heavy atom. The maximum Gasteiger partial charge on any atom is 0.212 e. The van der Waals surface area contributed by atoms with Crippen LogP contribution in [0.2, 0.25) is 0 Å². The van der Waals surface area contributed by atoms with Gasteiger partial charge in [-0.3, -0.25) is 0 Å². The first-order valence-electron chi connectivity index (χ1n) is 5.04. The maximum atomic E-state index is 5.33. The van der Waals surface area contributed by atoms with Gasteiger partial charge in [0, 0.05) is 4.88 Å². The SMILES string of the molecule is CC1(C)CCc2sc(N=C(N)N)nc2C1. The number of nitrogens with two attached hydrogens (primary N) is 2. The van der Waals surface area contributed by atoms with E-state index in [1.54, 1.807) is 11.3 Å². The first-order chi connectivity index (χ1) is 6.96. The van der Waals surface area contributed by atoms with Gasteiger partial charge in [0.05, 0.1) is 5.69 Å². The molecule has 1 aromatic heterocycles. The Morgan fingerprint density at radius 1 is 1.47 bits per heavy atom. The molecular formula is C10H16N4S. The molecule has 5 heteroatoms. The zero-order valence-corrected chi connectivity index (χ0v) is 9.90. The van der Waals surface area contributed by atoms with Crippen molar-refractivity contribution in [3.05, 3.63) is 10.6 Å². The number of hydrogen-bond donors (Lipinski definition) is 2. The van der Waals surface area contributed by atoms with Crippen LogP contribution in [0.4, 0.5) is 5.13 Å². The van der Waals surface area contributed by atoms with Crippen molar-refractivity contribution in [1.29, 1.82) is 0 Å². The van der Waals surface area contributed by atoms with Gasteiger partial charge in [-0.15, -0.1) is 0 Å². The van der Waals surface area contributed by atoms with Crippen molar-refractivity contribution < 1.29 is 0 Å². The molecule has 15 heavy (non-hydrogen) atoms. The monoisotopic (exact) mass is 224 g/mol. The summed E-state index contributed by atoms with van der Waals surface area (Å²) in [6.07, 6.45) is 3.34. The smallest absolute Gasteiger partial charge is 0.212 e. The second kappa shape index (κ2) is 3.48. The average Bonchev–Trinajstić information content (AvgIpc) is 2.42. The fourth-order valence-electron chi connectivity index (χ4n) is 1.86. The van der Waals surface area contributed by atoms with Gasteiger partial charge < -0.3 is 11.5 Å². The summed E-state index contributed by atoms with van der Waals surface area (Å²) >= 11 is 1.61. The minimum absolute atomic E-state index is 0.0837. The second-order valence-electron chi connectivity index (χ2n) is 4.74. The number of guanidine groups is 1. The van der Waals surface area contributed by atoms with Crippen LogP contribution in [0.15, 0.2) is 4.99 Å². The van der Waals surface area contributed by atoms with E-state index in [0.717, 1.165) is 12.8 Å². The van der Waals surface area contributed by atoms with Crippen molar-refractivity contribution in [1.82, 2.24) is 4.98 Å². The van der Waals surface area contributed by atoms with E-state index < -0.39 is 0 Å². The van der Waals surface area contributed by atoms with E-state index in [1.165, 1.54) is 17.0 Å². The third kappa shape index (κ3) is 2.28. The molecule has 82 valence electrons. The second-order valence-corrected chi connectivity index (χ2v) is 5.81. The average molecular weight is 224 g/mol. The highest BCUT2D eigenvalue weighted by Gasteiger charge is 2.28. The summed E-state index contributed by atoms with van der Waals surface area (Å²) in [6.45, 7) is 4.55. The molecule has 1 aromatic rings. The van der Waals surface area contributed by atoms with E-state index in [2.05, 4.69) is 23.8 Å². The number of fused-ring (bicyclic) bond motifs is 1. The third-order valence-electron chi connectivity index (χ3n) is 2.67. The summed E-state index contributed by atoms with van der Waals surface area (Å²) < 4.78 is 0. The molecule has 1 aliphatic rings. The van der Waals surface area contributed by atoms with Gasteiger partial charge in [-0.05, 0) is 24.7 Å². The summed E-state index contributed by atoms with van der Waals surface area (Å²) in [7, 11) is 0. The van der Waals surface area contributed by atoms with Crippen LogP contribution in [0, 0.1) is 5.41 Å². The molecule has 0 aromatic carbocycles. The lowest BCUT2D eigenvalue weighted by atomic mass is 9.79. The molecule has 0 amide bonds.